The fourth-order valence-corrected chi connectivity index (χ4v) is 4.06. The molecule has 1 N–H and O–H groups in total. The zero-order valence-electron chi connectivity index (χ0n) is 14.9. The van der Waals surface area contributed by atoms with E-state index in [0.29, 0.717) is 18.5 Å². The van der Waals surface area contributed by atoms with Gasteiger partial charge in [0.2, 0.25) is 0 Å². The summed E-state index contributed by atoms with van der Waals surface area (Å²) in [6.07, 6.45) is 4.04. The lowest BCUT2D eigenvalue weighted by molar-refractivity contribution is -0.149. The lowest BCUT2D eigenvalue weighted by Crippen LogP contribution is -2.56. The summed E-state index contributed by atoms with van der Waals surface area (Å²) in [7, 11) is 2.97. The second kappa shape index (κ2) is 7.86. The van der Waals surface area contributed by atoms with Crippen molar-refractivity contribution in [2.24, 2.45) is 0 Å². The number of amides is 1. The van der Waals surface area contributed by atoms with Crippen LogP contribution in [0.5, 0.6) is 5.75 Å². The van der Waals surface area contributed by atoms with Gasteiger partial charge < -0.3 is 14.8 Å². The lowest BCUT2D eigenvalue weighted by atomic mass is 9.81. The minimum Gasteiger partial charge on any atom is -0.497 e. The Balaban J connectivity index is 1.77. The summed E-state index contributed by atoms with van der Waals surface area (Å²) in [5.41, 5.74) is 0.290. The number of nitrogens with one attached hydrogen (secondary N) is 1. The van der Waals surface area contributed by atoms with E-state index in [2.05, 4.69) is 10.3 Å². The Morgan fingerprint density at radius 2 is 1.81 bits per heavy atom. The molecule has 1 aromatic heterocycles. The van der Waals surface area contributed by atoms with E-state index in [1.165, 1.54) is 18.4 Å². The van der Waals surface area contributed by atoms with Gasteiger partial charge in [-0.15, -0.1) is 11.3 Å². The minimum atomic E-state index is -0.937. The summed E-state index contributed by atoms with van der Waals surface area (Å²) >= 11 is 1.39. The third-order valence-electron chi connectivity index (χ3n) is 4.71. The van der Waals surface area contributed by atoms with Gasteiger partial charge in [-0.05, 0) is 37.1 Å². The number of ether oxygens (including phenoxy) is 2. The Hall–Kier alpha value is -2.41. The highest BCUT2D eigenvalue weighted by molar-refractivity contribution is 7.13. The highest BCUT2D eigenvalue weighted by atomic mass is 32.1. The first-order valence-corrected chi connectivity index (χ1v) is 9.47. The summed E-state index contributed by atoms with van der Waals surface area (Å²) in [5.74, 6) is 0.0464. The molecule has 0 aliphatic heterocycles. The van der Waals surface area contributed by atoms with Crippen LogP contribution in [-0.4, -0.2) is 36.6 Å². The number of thiazole rings is 1. The molecule has 0 radical (unpaired) electrons. The van der Waals surface area contributed by atoms with Crippen LogP contribution in [0.2, 0.25) is 0 Å². The van der Waals surface area contributed by atoms with Gasteiger partial charge in [0.15, 0.2) is 0 Å². The lowest BCUT2D eigenvalue weighted by Gasteiger charge is -2.34. The SMILES string of the molecule is COC(=O)C1(NC(=O)c2csc(-c3ccc(OC)cc3)n2)CCCCC1. The van der Waals surface area contributed by atoms with Gasteiger partial charge in [-0.3, -0.25) is 4.79 Å². The second-order valence-corrected chi connectivity index (χ2v) is 7.21. The van der Waals surface area contributed by atoms with Crippen molar-refractivity contribution in [3.05, 3.63) is 35.3 Å². The number of benzene rings is 1. The van der Waals surface area contributed by atoms with Crippen molar-refractivity contribution in [3.63, 3.8) is 0 Å². The van der Waals surface area contributed by atoms with Crippen LogP contribution in [-0.2, 0) is 9.53 Å². The number of hydrogen-bond donors (Lipinski definition) is 1. The zero-order valence-corrected chi connectivity index (χ0v) is 15.7. The van der Waals surface area contributed by atoms with Crippen molar-refractivity contribution >= 4 is 23.2 Å². The fourth-order valence-electron chi connectivity index (χ4n) is 3.26. The predicted octanol–water partition coefficient (Wildman–Crippen LogP) is 3.42. The molecule has 0 spiro atoms. The zero-order chi connectivity index (χ0) is 18.6. The molecular weight excluding hydrogens is 352 g/mol. The van der Waals surface area contributed by atoms with Gasteiger partial charge in [-0.1, -0.05) is 19.3 Å². The van der Waals surface area contributed by atoms with Gasteiger partial charge in [0.05, 0.1) is 14.2 Å². The van der Waals surface area contributed by atoms with E-state index >= 15 is 0 Å². The topological polar surface area (TPSA) is 77.5 Å². The summed E-state index contributed by atoms with van der Waals surface area (Å²) in [6.45, 7) is 0. The van der Waals surface area contributed by atoms with Crippen molar-refractivity contribution < 1.29 is 19.1 Å². The Morgan fingerprint density at radius 1 is 1.12 bits per heavy atom. The summed E-state index contributed by atoms with van der Waals surface area (Å²) in [4.78, 5) is 29.4. The number of rotatable bonds is 5. The highest BCUT2D eigenvalue weighted by Crippen LogP contribution is 2.30. The van der Waals surface area contributed by atoms with Gasteiger partial charge in [-0.25, -0.2) is 9.78 Å². The van der Waals surface area contributed by atoms with Crippen molar-refractivity contribution in [2.75, 3.05) is 14.2 Å². The maximum absolute atomic E-state index is 12.7. The van der Waals surface area contributed by atoms with E-state index in [4.69, 9.17) is 9.47 Å². The van der Waals surface area contributed by atoms with E-state index in [0.717, 1.165) is 35.6 Å². The van der Waals surface area contributed by atoms with Crippen molar-refractivity contribution in [1.82, 2.24) is 10.3 Å². The average molecular weight is 374 g/mol. The maximum Gasteiger partial charge on any atom is 0.331 e. The molecule has 0 unspecified atom stereocenters. The van der Waals surface area contributed by atoms with Gasteiger partial charge in [0, 0.05) is 10.9 Å². The first-order chi connectivity index (χ1) is 12.6. The molecule has 1 saturated carbocycles. The van der Waals surface area contributed by atoms with E-state index in [9.17, 15) is 9.59 Å². The van der Waals surface area contributed by atoms with Crippen molar-refractivity contribution in [2.45, 2.75) is 37.6 Å². The number of carbonyl (C=O) groups excluding carboxylic acids is 2. The Kier molecular flexibility index (Phi) is 5.56. The quantitative estimate of drug-likeness (QED) is 0.812. The van der Waals surface area contributed by atoms with E-state index in [1.807, 2.05) is 24.3 Å². The Morgan fingerprint density at radius 3 is 2.42 bits per heavy atom. The molecule has 6 nitrogen and oxygen atoms in total. The molecule has 3 rings (SSSR count). The van der Waals surface area contributed by atoms with Crippen LogP contribution < -0.4 is 10.1 Å². The summed E-state index contributed by atoms with van der Waals surface area (Å²) < 4.78 is 10.1. The fraction of sp³-hybridized carbons (Fsp3) is 0.421. The van der Waals surface area contributed by atoms with Crippen molar-refractivity contribution in [1.29, 1.82) is 0 Å². The molecule has 1 heterocycles. The number of aromatic nitrogens is 1. The number of nitrogens with zero attached hydrogens (tertiary/aromatic N) is 1. The van der Waals surface area contributed by atoms with Gasteiger partial charge in [0.25, 0.3) is 5.91 Å². The number of hydrogen-bond acceptors (Lipinski definition) is 6. The predicted molar refractivity (Wildman–Crippen MR) is 99.4 cm³/mol. The third-order valence-corrected chi connectivity index (χ3v) is 5.60. The number of carbonyl (C=O) groups is 2. The molecule has 0 bridgehead atoms. The highest BCUT2D eigenvalue weighted by Gasteiger charge is 2.42. The third kappa shape index (κ3) is 3.72. The molecule has 1 aromatic carbocycles. The molecule has 26 heavy (non-hydrogen) atoms. The first kappa shape index (κ1) is 18.4. The molecule has 138 valence electrons. The van der Waals surface area contributed by atoms with Crippen LogP contribution in [0, 0.1) is 0 Å². The first-order valence-electron chi connectivity index (χ1n) is 8.59. The van der Waals surface area contributed by atoms with Crippen LogP contribution in [0.3, 0.4) is 0 Å². The Labute approximate surface area is 156 Å². The summed E-state index contributed by atoms with van der Waals surface area (Å²) in [6, 6.07) is 7.50. The normalized spacial score (nSPS) is 15.9. The van der Waals surface area contributed by atoms with Crippen LogP contribution in [0.1, 0.15) is 42.6 Å². The average Bonchev–Trinajstić information content (AvgIpc) is 3.18. The molecule has 0 atom stereocenters. The van der Waals surface area contributed by atoms with Crippen LogP contribution in [0.4, 0.5) is 0 Å². The van der Waals surface area contributed by atoms with Crippen LogP contribution >= 0.6 is 11.3 Å². The monoisotopic (exact) mass is 374 g/mol. The number of methoxy groups -OCH3 is 2. The van der Waals surface area contributed by atoms with E-state index in [-0.39, 0.29) is 11.9 Å². The van der Waals surface area contributed by atoms with Gasteiger partial charge in [0.1, 0.15) is 22.0 Å². The molecule has 7 heteroatoms. The largest absolute Gasteiger partial charge is 0.497 e. The molecule has 1 aliphatic rings. The maximum atomic E-state index is 12.7. The minimum absolute atomic E-state index is 0.315. The molecule has 1 aliphatic carbocycles. The van der Waals surface area contributed by atoms with Crippen LogP contribution in [0.25, 0.3) is 10.6 Å². The standard InChI is InChI=1S/C19H22N2O4S/c1-24-14-8-6-13(7-9-14)17-20-15(12-26-17)16(22)21-19(18(23)25-2)10-4-3-5-11-19/h6-9,12H,3-5,10-11H2,1-2H3,(H,21,22). The van der Waals surface area contributed by atoms with Crippen molar-refractivity contribution in [3.8, 4) is 16.3 Å². The van der Waals surface area contributed by atoms with Crippen LogP contribution in [0.15, 0.2) is 29.6 Å². The van der Waals surface area contributed by atoms with E-state index in [1.54, 1.807) is 12.5 Å². The molecule has 0 saturated heterocycles. The molecule has 1 fully saturated rings. The van der Waals surface area contributed by atoms with E-state index < -0.39 is 5.54 Å². The second-order valence-electron chi connectivity index (χ2n) is 6.35. The van der Waals surface area contributed by atoms with Gasteiger partial charge in [-0.2, -0.15) is 0 Å². The molecule has 1 amide bonds. The molecule has 2 aromatic rings. The molecular formula is C19H22N2O4S. The Bertz CT molecular complexity index is 779. The smallest absolute Gasteiger partial charge is 0.331 e. The summed E-state index contributed by atoms with van der Waals surface area (Å²) in [5, 5.41) is 5.35. The number of esters is 1. The van der Waals surface area contributed by atoms with Gasteiger partial charge >= 0.3 is 5.97 Å².